The Hall–Kier alpha value is -4.80. The van der Waals surface area contributed by atoms with E-state index in [1.807, 2.05) is 45.0 Å². The molecule has 0 saturated carbocycles. The summed E-state index contributed by atoms with van der Waals surface area (Å²) >= 11 is 0. The standard InChI is InChI=1S/C55H69N4O5.Mg/c1-13-39-35(8)42-28-44-37(10)41(24-25-48(60)64-27-26-34(7)23-17-22-33(6)21-16-20-32(5)19-15-18-31(3)4)52(58-44)50-51(55(62)63-12)54(61)49-38(11)45(59-53(49)50)30-47-40(14-2)36(9)43(57-47)29-46(39)56-42;/h13,24-26,28-33,51H,1,14-23,27H2,2-12H3,(H-,56,57,58,59,60,61);/q-1;+2/p-1/b34-26+,42-28?,43-29?,44-28?,45-30?,46-29?,47-30?,52-50?;/t32?,33?,51-;/m1./s1/i15+1,16+1,17+1,18+1,20+1,22+1,26+1,27+1;. The smallest absolute Gasteiger partial charge is 0.657 e. The number of carbonyl (C=O) groups is 3. The number of rotatable bonds is 19. The molecule has 3 aliphatic rings. The zero-order valence-electron chi connectivity index (χ0n) is 40.9. The molecule has 0 aromatic carbocycles. The van der Waals surface area contributed by atoms with Gasteiger partial charge < -0.3 is 19.4 Å². The molecular formula is C55H68MgN4O5. The van der Waals surface area contributed by atoms with Gasteiger partial charge >= 0.3 is 35.0 Å². The van der Waals surface area contributed by atoms with Gasteiger partial charge in [0.2, 0.25) is 0 Å². The van der Waals surface area contributed by atoms with Crippen molar-refractivity contribution in [2.45, 2.75) is 139 Å². The van der Waals surface area contributed by atoms with Crippen molar-refractivity contribution in [3.8, 4) is 0 Å². The molecule has 0 radical (unpaired) electrons. The van der Waals surface area contributed by atoms with Crippen LogP contribution in [0.25, 0.3) is 50.4 Å². The van der Waals surface area contributed by atoms with Crippen LogP contribution in [0.3, 0.4) is 0 Å². The fraction of sp³-hybridized carbons (Fsp3) is 0.473. The zero-order valence-corrected chi connectivity index (χ0v) is 42.3. The number of ketones is 1. The summed E-state index contributed by atoms with van der Waals surface area (Å²) in [7, 11) is 1.27. The van der Waals surface area contributed by atoms with E-state index in [0.29, 0.717) is 56.1 Å². The molecular weight excluding hydrogens is 829 g/mol. The van der Waals surface area contributed by atoms with Gasteiger partial charge in [0, 0.05) is 17.2 Å². The molecule has 0 fully saturated rings. The van der Waals surface area contributed by atoms with Crippen LogP contribution in [0.2, 0.25) is 0 Å². The van der Waals surface area contributed by atoms with Gasteiger partial charge in [-0.1, -0.05) is 127 Å². The van der Waals surface area contributed by atoms with Crippen LogP contribution in [-0.2, 0) is 19.1 Å². The van der Waals surface area contributed by atoms with Crippen molar-refractivity contribution in [2.24, 2.45) is 17.8 Å². The summed E-state index contributed by atoms with van der Waals surface area (Å²) in [6, 6.07) is 5.81. The molecule has 1 aliphatic carbocycles. The SMILES string of the molecule is C=Cc1c(C)c2cc3nc(c4c5[n-]c(cc6nc(cc1[n-]2)C(C)=C6CC)c(C)c5C(=O)[C@@H]4C(=O)OC)C(/C=C/C(=O)O[13CH2]/[13CH]=C(\C)C[13CH2][13CH2]C(C)C[13CH2][13CH2]C(C)C[13CH2][13CH2]C(C)C)=C3C.[Mg+2]. The Bertz CT molecular complexity index is 2620. The van der Waals surface area contributed by atoms with Crippen molar-refractivity contribution in [1.29, 1.82) is 0 Å². The number of nitrogens with zero attached hydrogens (tertiary/aromatic N) is 4. The summed E-state index contributed by atoms with van der Waals surface area (Å²) in [6.07, 6.45) is 18.7. The van der Waals surface area contributed by atoms with Gasteiger partial charge in [-0.3, -0.25) is 9.59 Å². The summed E-state index contributed by atoms with van der Waals surface area (Å²) in [5.74, 6) is -0.610. The first-order valence-corrected chi connectivity index (χ1v) is 23.4. The number of esters is 2. The maximum Gasteiger partial charge on any atom is 2.00 e. The topological polar surface area (TPSA) is 124 Å². The van der Waals surface area contributed by atoms with Crippen LogP contribution in [0.15, 0.2) is 48.6 Å². The van der Waals surface area contributed by atoms with Gasteiger partial charge in [0.1, 0.15) is 12.5 Å². The molecule has 3 aromatic heterocycles. The summed E-state index contributed by atoms with van der Waals surface area (Å²) in [5.41, 5.74) is 12.7. The van der Waals surface area contributed by atoms with Crippen LogP contribution in [-0.4, -0.2) is 64.5 Å². The molecule has 0 amide bonds. The fourth-order valence-corrected chi connectivity index (χ4v) is 9.45. The normalized spacial score (nSPS) is 15.8. The van der Waals surface area contributed by atoms with Gasteiger partial charge in [0.05, 0.1) is 29.9 Å². The van der Waals surface area contributed by atoms with Crippen LogP contribution in [0.1, 0.15) is 181 Å². The first-order valence-electron chi connectivity index (χ1n) is 23.4. The second kappa shape index (κ2) is 22.6. The van der Waals surface area contributed by atoms with Crippen molar-refractivity contribution in [1.82, 2.24) is 19.9 Å². The number of allylic oxidation sites excluding steroid dienone is 6. The third-order valence-electron chi connectivity index (χ3n) is 13.5. The molecule has 2 aliphatic heterocycles. The number of aromatic nitrogens is 4. The summed E-state index contributed by atoms with van der Waals surface area (Å²) < 4.78 is 10.9. The maximum atomic E-state index is 14.3. The Morgan fingerprint density at radius 1 is 0.831 bits per heavy atom. The molecule has 65 heavy (non-hydrogen) atoms. The number of Topliss-reactive ketones (excluding diaryl/α,β-unsaturated/α-hetero) is 1. The molecule has 8 bridgehead atoms. The molecule has 340 valence electrons. The second-order valence-electron chi connectivity index (χ2n) is 18.7. The predicted octanol–water partition coefficient (Wildman–Crippen LogP) is 12.7. The van der Waals surface area contributed by atoms with Crippen molar-refractivity contribution in [2.75, 3.05) is 13.7 Å². The Kier molecular flexibility index (Phi) is 17.8. The van der Waals surface area contributed by atoms with Gasteiger partial charge in [-0.05, 0) is 112 Å². The first-order chi connectivity index (χ1) is 30.6. The molecule has 0 saturated heterocycles. The first kappa shape index (κ1) is 51.2. The number of ether oxygens (including phenoxy) is 2. The summed E-state index contributed by atoms with van der Waals surface area (Å²) in [6.45, 7) is 25.6. The van der Waals surface area contributed by atoms with E-state index in [-0.39, 0.29) is 29.7 Å². The van der Waals surface area contributed by atoms with E-state index in [1.54, 1.807) is 12.2 Å². The molecule has 3 atom stereocenters. The molecule has 10 heteroatoms. The Morgan fingerprint density at radius 3 is 2.09 bits per heavy atom. The number of hydrogen-bond donors (Lipinski definition) is 0. The number of hydrogen-bond acceptors (Lipinski definition) is 7. The van der Waals surface area contributed by atoms with E-state index < -0.39 is 23.6 Å². The largest absolute Gasteiger partial charge is 2.00 e. The minimum absolute atomic E-state index is 0. The Balaban J connectivity index is 0.00000793. The van der Waals surface area contributed by atoms with E-state index in [4.69, 9.17) is 29.4 Å². The quantitative estimate of drug-likeness (QED) is 0.0289. The van der Waals surface area contributed by atoms with E-state index in [1.165, 1.54) is 63.7 Å². The third kappa shape index (κ3) is 11.4. The van der Waals surface area contributed by atoms with Crippen molar-refractivity contribution in [3.63, 3.8) is 0 Å². The number of methoxy groups -OCH3 is 1. The second-order valence-corrected chi connectivity index (χ2v) is 18.7. The van der Waals surface area contributed by atoms with Gasteiger partial charge in [0.15, 0.2) is 5.78 Å². The number of aryl methyl sites for hydroxylation is 2. The molecule has 0 N–H and O–H groups in total. The molecule has 6 rings (SSSR count). The van der Waals surface area contributed by atoms with Gasteiger partial charge in [-0.15, -0.1) is 22.1 Å². The summed E-state index contributed by atoms with van der Waals surface area (Å²) in [4.78, 5) is 61.4. The van der Waals surface area contributed by atoms with Gasteiger partial charge in [0.25, 0.3) is 0 Å². The van der Waals surface area contributed by atoms with E-state index in [9.17, 15) is 14.4 Å². The molecule has 3 aromatic rings. The van der Waals surface area contributed by atoms with Crippen LogP contribution in [0.4, 0.5) is 0 Å². The van der Waals surface area contributed by atoms with Crippen molar-refractivity contribution in [3.05, 3.63) is 99.2 Å². The van der Waals surface area contributed by atoms with Crippen LogP contribution >= 0.6 is 0 Å². The third-order valence-corrected chi connectivity index (χ3v) is 13.5. The Morgan fingerprint density at radius 2 is 1.45 bits per heavy atom. The average molecular weight is 897 g/mol. The van der Waals surface area contributed by atoms with Crippen molar-refractivity contribution < 1.29 is 23.9 Å². The van der Waals surface area contributed by atoms with Gasteiger partial charge in [-0.2, -0.15) is 0 Å². The zero-order chi connectivity index (χ0) is 46.4. The van der Waals surface area contributed by atoms with E-state index in [2.05, 4.69) is 55.0 Å². The fourth-order valence-electron chi connectivity index (χ4n) is 9.45. The predicted molar refractivity (Wildman–Crippen MR) is 267 cm³/mol. The number of carbonyl (C=O) groups excluding carboxylic acids is 3. The molecule has 0 spiro atoms. The van der Waals surface area contributed by atoms with Crippen LogP contribution < -0.4 is 9.97 Å². The van der Waals surface area contributed by atoms with E-state index in [0.717, 1.165) is 75.8 Å². The minimum atomic E-state index is -1.29. The maximum absolute atomic E-state index is 14.3. The monoisotopic (exact) mass is 897 g/mol. The molecule has 2 unspecified atom stereocenters. The van der Waals surface area contributed by atoms with Crippen molar-refractivity contribution >= 4 is 91.2 Å². The van der Waals surface area contributed by atoms with Gasteiger partial charge in [-0.25, -0.2) is 14.8 Å². The molecule has 9 nitrogen and oxygen atoms in total. The van der Waals surface area contributed by atoms with Crippen LogP contribution in [0, 0.1) is 31.6 Å². The number of fused-ring (bicyclic) bond motifs is 8. The summed E-state index contributed by atoms with van der Waals surface area (Å²) in [5, 5.41) is 0. The van der Waals surface area contributed by atoms with Crippen LogP contribution in [0.5, 0.6) is 0 Å². The minimum Gasteiger partial charge on any atom is -0.657 e. The Labute approximate surface area is 402 Å². The van der Waals surface area contributed by atoms with E-state index >= 15 is 0 Å². The molecule has 5 heterocycles. The average Bonchev–Trinajstić information content (AvgIpc) is 3.99.